The monoisotopic (exact) mass is 392 g/mol. The van der Waals surface area contributed by atoms with Crippen molar-refractivity contribution >= 4 is 29.3 Å². The number of likely N-dealkylation sites (N-methyl/N-ethyl adjacent to an activating group) is 1. The highest BCUT2D eigenvalue weighted by molar-refractivity contribution is 6.12. The second-order valence-corrected chi connectivity index (χ2v) is 6.44. The molecule has 1 aliphatic rings. The van der Waals surface area contributed by atoms with Gasteiger partial charge in [-0.2, -0.15) is 0 Å². The third-order valence-corrected chi connectivity index (χ3v) is 4.58. The molecule has 0 unspecified atom stereocenters. The SMILES string of the molecule is CN1C(=O)CN(C(=O)Nc2ccncn2)c2nc(-c3cccc(CF)c3)ccc21. The average Bonchev–Trinajstić information content (AvgIpc) is 2.76. The molecule has 0 saturated heterocycles. The molecule has 1 N–H and O–H groups in total. The van der Waals surface area contributed by atoms with Crippen LogP contribution in [0.3, 0.4) is 0 Å². The summed E-state index contributed by atoms with van der Waals surface area (Å²) in [5.74, 6) is 0.399. The Bertz CT molecular complexity index is 1080. The minimum atomic E-state index is -0.580. The zero-order valence-electron chi connectivity index (χ0n) is 15.5. The predicted octanol–water partition coefficient (Wildman–Crippen LogP) is 3.02. The Morgan fingerprint density at radius 1 is 1.24 bits per heavy atom. The van der Waals surface area contributed by atoms with Gasteiger partial charge in [-0.1, -0.05) is 18.2 Å². The Labute approximate surface area is 166 Å². The van der Waals surface area contributed by atoms with E-state index in [9.17, 15) is 14.0 Å². The number of carbonyl (C=O) groups is 2. The summed E-state index contributed by atoms with van der Waals surface area (Å²) >= 11 is 0. The molecule has 1 aromatic carbocycles. The fraction of sp³-hybridized carbons (Fsp3) is 0.150. The molecule has 0 fully saturated rings. The van der Waals surface area contributed by atoms with Gasteiger partial charge in [0.05, 0.1) is 11.4 Å². The van der Waals surface area contributed by atoms with Crippen molar-refractivity contribution in [1.29, 1.82) is 0 Å². The molecule has 1 aliphatic heterocycles. The van der Waals surface area contributed by atoms with E-state index < -0.39 is 12.7 Å². The highest BCUT2D eigenvalue weighted by Crippen LogP contribution is 2.34. The molecular weight excluding hydrogens is 375 g/mol. The highest BCUT2D eigenvalue weighted by Gasteiger charge is 2.32. The van der Waals surface area contributed by atoms with Crippen LogP contribution in [-0.2, 0) is 11.5 Å². The first-order chi connectivity index (χ1) is 14.1. The van der Waals surface area contributed by atoms with Crippen LogP contribution in [-0.4, -0.2) is 40.5 Å². The largest absolute Gasteiger partial charge is 0.329 e. The molecular formula is C20H17FN6O2. The van der Waals surface area contributed by atoms with Crippen LogP contribution in [0.5, 0.6) is 0 Å². The van der Waals surface area contributed by atoms with Gasteiger partial charge in [0.2, 0.25) is 5.91 Å². The van der Waals surface area contributed by atoms with Crippen molar-refractivity contribution in [3.63, 3.8) is 0 Å². The molecule has 29 heavy (non-hydrogen) atoms. The van der Waals surface area contributed by atoms with Gasteiger partial charge in [0, 0.05) is 18.8 Å². The number of urea groups is 1. The van der Waals surface area contributed by atoms with Crippen LogP contribution in [0, 0.1) is 0 Å². The number of pyridine rings is 1. The lowest BCUT2D eigenvalue weighted by Crippen LogP contribution is -2.48. The quantitative estimate of drug-likeness (QED) is 0.740. The van der Waals surface area contributed by atoms with E-state index in [0.717, 1.165) is 5.56 Å². The molecule has 0 saturated carbocycles. The minimum Gasteiger partial charge on any atom is -0.311 e. The zero-order valence-corrected chi connectivity index (χ0v) is 15.5. The van der Waals surface area contributed by atoms with Crippen LogP contribution < -0.4 is 15.1 Å². The summed E-state index contributed by atoms with van der Waals surface area (Å²) in [7, 11) is 1.63. The lowest BCUT2D eigenvalue weighted by molar-refractivity contribution is -0.117. The number of fused-ring (bicyclic) bond motifs is 1. The smallest absolute Gasteiger partial charge is 0.311 e. The molecule has 2 aromatic heterocycles. The van der Waals surface area contributed by atoms with Crippen LogP contribution in [0.4, 0.5) is 26.5 Å². The van der Waals surface area contributed by atoms with Crippen molar-refractivity contribution in [2.75, 3.05) is 28.7 Å². The third-order valence-electron chi connectivity index (χ3n) is 4.58. The van der Waals surface area contributed by atoms with E-state index in [0.29, 0.717) is 28.6 Å². The molecule has 0 radical (unpaired) electrons. The number of benzene rings is 1. The van der Waals surface area contributed by atoms with Crippen LogP contribution >= 0.6 is 0 Å². The van der Waals surface area contributed by atoms with E-state index >= 15 is 0 Å². The van der Waals surface area contributed by atoms with Crippen LogP contribution in [0.25, 0.3) is 11.3 Å². The molecule has 0 aliphatic carbocycles. The van der Waals surface area contributed by atoms with Gasteiger partial charge in [-0.05, 0) is 29.8 Å². The van der Waals surface area contributed by atoms with Crippen LogP contribution in [0.15, 0.2) is 55.0 Å². The van der Waals surface area contributed by atoms with E-state index in [1.807, 2.05) is 6.07 Å². The van der Waals surface area contributed by atoms with E-state index in [2.05, 4.69) is 20.3 Å². The number of hydrogen-bond acceptors (Lipinski definition) is 5. The Kier molecular flexibility index (Phi) is 4.86. The molecule has 9 heteroatoms. The summed E-state index contributed by atoms with van der Waals surface area (Å²) in [5.41, 5.74) is 2.33. The number of alkyl halides is 1. The lowest BCUT2D eigenvalue weighted by atomic mass is 10.1. The Morgan fingerprint density at radius 3 is 2.86 bits per heavy atom. The maximum absolute atomic E-state index is 13.0. The number of carbonyl (C=O) groups excluding carboxylic acids is 2. The fourth-order valence-corrected chi connectivity index (χ4v) is 3.04. The molecule has 146 valence electrons. The summed E-state index contributed by atoms with van der Waals surface area (Å²) < 4.78 is 13.0. The number of halogens is 1. The van der Waals surface area contributed by atoms with Gasteiger partial charge < -0.3 is 4.90 Å². The normalized spacial score (nSPS) is 13.2. The Hall–Kier alpha value is -3.88. The highest BCUT2D eigenvalue weighted by atomic mass is 19.1. The molecule has 3 aromatic rings. The van der Waals surface area contributed by atoms with Gasteiger partial charge in [-0.15, -0.1) is 0 Å². The summed E-state index contributed by atoms with van der Waals surface area (Å²) in [6, 6.07) is 11.4. The summed E-state index contributed by atoms with van der Waals surface area (Å²) in [6.45, 7) is -0.745. The standard InChI is InChI=1S/C20H17FN6O2/c1-26-16-6-5-15(14-4-2-3-13(9-14)10-21)24-19(16)27(11-18(26)28)20(29)25-17-7-8-22-12-23-17/h2-9,12H,10-11H2,1H3,(H,22,23,25,29). The van der Waals surface area contributed by atoms with E-state index in [-0.39, 0.29) is 12.5 Å². The number of nitrogens with one attached hydrogen (secondary N) is 1. The third kappa shape index (κ3) is 3.62. The van der Waals surface area contributed by atoms with E-state index in [4.69, 9.17) is 0 Å². The molecule has 0 spiro atoms. The molecule has 3 heterocycles. The predicted molar refractivity (Wildman–Crippen MR) is 106 cm³/mol. The van der Waals surface area contributed by atoms with Crippen molar-refractivity contribution in [3.8, 4) is 11.3 Å². The number of aromatic nitrogens is 3. The topological polar surface area (TPSA) is 91.3 Å². The van der Waals surface area contributed by atoms with Crippen molar-refractivity contribution in [1.82, 2.24) is 15.0 Å². The first-order valence-corrected chi connectivity index (χ1v) is 8.84. The molecule has 0 atom stereocenters. The second kappa shape index (κ2) is 7.63. The summed E-state index contributed by atoms with van der Waals surface area (Å²) in [6.07, 6.45) is 2.81. The van der Waals surface area contributed by atoms with Gasteiger partial charge in [-0.3, -0.25) is 15.0 Å². The first kappa shape index (κ1) is 18.5. The first-order valence-electron chi connectivity index (χ1n) is 8.84. The summed E-state index contributed by atoms with van der Waals surface area (Å²) in [5, 5.41) is 2.64. The van der Waals surface area contributed by atoms with Gasteiger partial charge >= 0.3 is 6.03 Å². The van der Waals surface area contributed by atoms with Crippen molar-refractivity contribution in [2.45, 2.75) is 6.67 Å². The number of anilines is 3. The average molecular weight is 392 g/mol. The van der Waals surface area contributed by atoms with Gasteiger partial charge in [0.25, 0.3) is 0 Å². The fourth-order valence-electron chi connectivity index (χ4n) is 3.04. The van der Waals surface area contributed by atoms with E-state index in [1.165, 1.54) is 22.3 Å². The lowest BCUT2D eigenvalue weighted by Gasteiger charge is -2.33. The van der Waals surface area contributed by atoms with Gasteiger partial charge in [-0.25, -0.2) is 24.1 Å². The van der Waals surface area contributed by atoms with Gasteiger partial charge in [0.15, 0.2) is 5.82 Å². The van der Waals surface area contributed by atoms with Crippen molar-refractivity contribution in [3.05, 3.63) is 60.6 Å². The molecule has 8 nitrogen and oxygen atoms in total. The maximum Gasteiger partial charge on any atom is 0.329 e. The number of nitrogens with zero attached hydrogens (tertiary/aromatic N) is 5. The summed E-state index contributed by atoms with van der Waals surface area (Å²) in [4.78, 5) is 40.3. The zero-order chi connectivity index (χ0) is 20.4. The second-order valence-electron chi connectivity index (χ2n) is 6.44. The van der Waals surface area contributed by atoms with Crippen molar-refractivity contribution in [2.24, 2.45) is 0 Å². The van der Waals surface area contributed by atoms with Crippen molar-refractivity contribution < 1.29 is 14.0 Å². The Balaban J connectivity index is 1.73. The molecule has 3 amide bonds. The minimum absolute atomic E-state index is 0.165. The molecule has 4 rings (SSSR count). The van der Waals surface area contributed by atoms with E-state index in [1.54, 1.807) is 43.4 Å². The van der Waals surface area contributed by atoms with Crippen LogP contribution in [0.2, 0.25) is 0 Å². The number of amides is 3. The number of rotatable bonds is 3. The Morgan fingerprint density at radius 2 is 2.10 bits per heavy atom. The van der Waals surface area contributed by atoms with Crippen LogP contribution in [0.1, 0.15) is 5.56 Å². The molecule has 0 bridgehead atoms. The number of hydrogen-bond donors (Lipinski definition) is 1. The van der Waals surface area contributed by atoms with Gasteiger partial charge in [0.1, 0.15) is 25.4 Å². The maximum atomic E-state index is 13.0.